The lowest BCUT2D eigenvalue weighted by molar-refractivity contribution is -0.115. The Kier molecular flexibility index (Phi) is 16.9. The minimum atomic E-state index is -0.694. The number of aromatic hydroxyl groups is 2. The van der Waals surface area contributed by atoms with Gasteiger partial charge in [-0.2, -0.15) is 0 Å². The Labute approximate surface area is 294 Å². The number of phenols is 2. The quantitative estimate of drug-likeness (QED) is 0.123. The number of nitrogens with one attached hydrogen (secondary N) is 2. The first kappa shape index (κ1) is 41.0. The van der Waals surface area contributed by atoms with Gasteiger partial charge in [0.25, 0.3) is 0 Å². The molecule has 51 heavy (non-hydrogen) atoms. The Morgan fingerprint density at radius 1 is 0.588 bits per heavy atom. The van der Waals surface area contributed by atoms with Crippen LogP contribution in [-0.4, -0.2) is 76.2 Å². The molecule has 0 aliphatic carbocycles. The summed E-state index contributed by atoms with van der Waals surface area (Å²) in [6, 6.07) is 27.0. The summed E-state index contributed by atoms with van der Waals surface area (Å²) in [7, 11) is 0. The van der Waals surface area contributed by atoms with Crippen molar-refractivity contribution in [3.63, 3.8) is 0 Å². The predicted octanol–water partition coefficient (Wildman–Crippen LogP) is 4.15. The minimum absolute atomic E-state index is 0. The van der Waals surface area contributed by atoms with Gasteiger partial charge in [-0.1, -0.05) is 60.7 Å². The van der Waals surface area contributed by atoms with Crippen LogP contribution in [0.4, 0.5) is 32.3 Å². The highest BCUT2D eigenvalue weighted by molar-refractivity contribution is 5.93. The molecule has 0 unspecified atom stereocenters. The molecule has 0 aliphatic rings. The maximum atomic E-state index is 12.3. The van der Waals surface area contributed by atoms with E-state index >= 15 is 0 Å². The molecule has 0 aliphatic heterocycles. The number of hydrogen-bond donors (Lipinski definition) is 6. The van der Waals surface area contributed by atoms with E-state index in [4.69, 9.17) is 9.47 Å². The summed E-state index contributed by atoms with van der Waals surface area (Å²) in [5.41, 5.74) is 2.81. The first-order valence-electron chi connectivity index (χ1n) is 15.4. The Bertz CT molecular complexity index is 1600. The molecule has 0 fully saturated rings. The van der Waals surface area contributed by atoms with Crippen LogP contribution in [0.3, 0.4) is 0 Å². The number of nitrogens with zero attached hydrogens (tertiary/aromatic N) is 2. The summed E-state index contributed by atoms with van der Waals surface area (Å²) in [5, 5.41) is 43.8. The Balaban J connectivity index is 0.000000347. The van der Waals surface area contributed by atoms with Gasteiger partial charge in [-0.3, -0.25) is 19.4 Å². The molecule has 8 N–H and O–H groups in total. The van der Waals surface area contributed by atoms with Crippen LogP contribution in [-0.2, 0) is 32.3 Å². The monoisotopic (exact) mass is 706 g/mol. The molecule has 0 radical (unpaired) electrons. The summed E-state index contributed by atoms with van der Waals surface area (Å²) in [5.74, 6) is -0.976. The van der Waals surface area contributed by atoms with Crippen molar-refractivity contribution in [1.82, 2.24) is 0 Å². The first-order valence-corrected chi connectivity index (χ1v) is 15.4. The van der Waals surface area contributed by atoms with Crippen LogP contribution in [0.1, 0.15) is 25.0 Å². The maximum Gasteiger partial charge on any atom is 0.414 e. The third-order valence-corrected chi connectivity index (χ3v) is 6.67. The molecule has 4 aromatic carbocycles. The largest absolute Gasteiger partial charge is 0.506 e. The molecule has 272 valence electrons. The van der Waals surface area contributed by atoms with Crippen molar-refractivity contribution in [2.24, 2.45) is 0 Å². The van der Waals surface area contributed by atoms with Gasteiger partial charge in [0.15, 0.2) is 0 Å². The fraction of sp³-hybridized carbons (Fsp3) is 0.222. The number of benzene rings is 4. The standard InChI is InChI=1S/2C18H20N2O5.H2O/c2*1-13(22)19-15-7-8-16(17(23)11-15)20(9-10-21)18(24)25-12-14-5-3-2-4-6-14;/h2*2-8,11,21,23H,9-10,12H2,1H3,(H,19,22);1H2. The number of amides is 4. The number of aliphatic hydroxyl groups is 2. The topological polar surface area (TPSA) is 230 Å². The van der Waals surface area contributed by atoms with Gasteiger partial charge in [0.05, 0.1) is 37.7 Å². The number of carbonyl (C=O) groups is 4. The molecule has 4 aromatic rings. The van der Waals surface area contributed by atoms with Gasteiger partial charge in [-0.25, -0.2) is 9.59 Å². The van der Waals surface area contributed by atoms with Crippen LogP contribution in [0.2, 0.25) is 0 Å². The second-order valence-corrected chi connectivity index (χ2v) is 10.6. The molecular weight excluding hydrogens is 664 g/mol. The van der Waals surface area contributed by atoms with Crippen LogP contribution >= 0.6 is 0 Å². The number of rotatable bonds is 12. The van der Waals surface area contributed by atoms with E-state index in [0.29, 0.717) is 11.4 Å². The van der Waals surface area contributed by atoms with E-state index in [9.17, 15) is 39.6 Å². The highest BCUT2D eigenvalue weighted by Crippen LogP contribution is 2.32. The highest BCUT2D eigenvalue weighted by atomic mass is 16.6. The van der Waals surface area contributed by atoms with Crippen LogP contribution in [0.5, 0.6) is 11.5 Å². The molecule has 0 saturated heterocycles. The van der Waals surface area contributed by atoms with E-state index in [1.165, 1.54) is 38.1 Å². The summed E-state index contributed by atoms with van der Waals surface area (Å²) in [4.78, 5) is 49.1. The molecule has 15 heteroatoms. The lowest BCUT2D eigenvalue weighted by atomic mass is 10.2. The lowest BCUT2D eigenvalue weighted by Gasteiger charge is -2.22. The first-order chi connectivity index (χ1) is 24.0. The Morgan fingerprint density at radius 3 is 1.24 bits per heavy atom. The Hall–Kier alpha value is -6.16. The van der Waals surface area contributed by atoms with E-state index in [2.05, 4.69) is 10.6 Å². The molecule has 0 bridgehead atoms. The summed E-state index contributed by atoms with van der Waals surface area (Å²) in [6.45, 7) is 2.18. The smallest absolute Gasteiger partial charge is 0.414 e. The molecule has 0 atom stereocenters. The van der Waals surface area contributed by atoms with Crippen molar-refractivity contribution >= 4 is 46.8 Å². The summed E-state index contributed by atoms with van der Waals surface area (Å²) in [6.07, 6.45) is -1.39. The zero-order chi connectivity index (χ0) is 36.5. The number of ether oxygens (including phenoxy) is 2. The summed E-state index contributed by atoms with van der Waals surface area (Å²) >= 11 is 0. The molecule has 0 saturated carbocycles. The molecule has 15 nitrogen and oxygen atoms in total. The van der Waals surface area contributed by atoms with Gasteiger partial charge in [-0.15, -0.1) is 0 Å². The van der Waals surface area contributed by atoms with Gasteiger partial charge in [0.1, 0.15) is 24.7 Å². The number of aliphatic hydroxyl groups excluding tert-OH is 2. The summed E-state index contributed by atoms with van der Waals surface area (Å²) < 4.78 is 10.5. The van der Waals surface area contributed by atoms with E-state index in [0.717, 1.165) is 20.9 Å². The Morgan fingerprint density at radius 2 is 0.941 bits per heavy atom. The fourth-order valence-electron chi connectivity index (χ4n) is 4.48. The van der Waals surface area contributed by atoms with Crippen LogP contribution in [0.15, 0.2) is 97.1 Å². The van der Waals surface area contributed by atoms with Crippen molar-refractivity contribution in [1.29, 1.82) is 0 Å². The second kappa shape index (κ2) is 21.0. The van der Waals surface area contributed by atoms with Crippen molar-refractivity contribution in [2.45, 2.75) is 27.1 Å². The zero-order valence-electron chi connectivity index (χ0n) is 28.1. The van der Waals surface area contributed by atoms with Gasteiger partial charge >= 0.3 is 12.2 Å². The average molecular weight is 707 g/mol. The van der Waals surface area contributed by atoms with Crippen molar-refractivity contribution in [2.75, 3.05) is 46.7 Å². The van der Waals surface area contributed by atoms with E-state index < -0.39 is 12.2 Å². The minimum Gasteiger partial charge on any atom is -0.506 e. The third-order valence-electron chi connectivity index (χ3n) is 6.67. The van der Waals surface area contributed by atoms with E-state index in [1.807, 2.05) is 60.7 Å². The molecular formula is C36H42N4O11. The van der Waals surface area contributed by atoms with Crippen LogP contribution < -0.4 is 20.4 Å². The van der Waals surface area contributed by atoms with Crippen molar-refractivity contribution in [3.8, 4) is 11.5 Å². The lowest BCUT2D eigenvalue weighted by Crippen LogP contribution is -2.34. The molecule has 0 aromatic heterocycles. The van der Waals surface area contributed by atoms with E-state index in [1.54, 1.807) is 12.1 Å². The maximum absolute atomic E-state index is 12.3. The molecule has 0 spiro atoms. The molecule has 4 rings (SSSR count). The van der Waals surface area contributed by atoms with E-state index in [-0.39, 0.29) is 79.7 Å². The van der Waals surface area contributed by atoms with Gasteiger partial charge in [-0.05, 0) is 35.4 Å². The number of phenolic OH excluding ortho intramolecular Hbond substituents is 2. The zero-order valence-corrected chi connectivity index (χ0v) is 28.1. The second-order valence-electron chi connectivity index (χ2n) is 10.6. The SMILES string of the molecule is CC(=O)Nc1ccc(N(CCO)C(=O)OCc2ccccc2)c(O)c1.CC(=O)Nc1ccc(N(CCO)C(=O)OCc2ccccc2)c(O)c1.O. The van der Waals surface area contributed by atoms with Crippen LogP contribution in [0.25, 0.3) is 0 Å². The molecule has 4 amide bonds. The van der Waals surface area contributed by atoms with Crippen LogP contribution in [0, 0.1) is 0 Å². The highest BCUT2D eigenvalue weighted by Gasteiger charge is 2.22. The number of carbonyl (C=O) groups excluding carboxylic acids is 4. The molecule has 0 heterocycles. The third kappa shape index (κ3) is 13.3. The van der Waals surface area contributed by atoms with Gasteiger partial charge in [0, 0.05) is 37.4 Å². The van der Waals surface area contributed by atoms with Gasteiger partial charge in [0.2, 0.25) is 11.8 Å². The van der Waals surface area contributed by atoms with Crippen molar-refractivity contribution in [3.05, 3.63) is 108 Å². The number of hydrogen-bond acceptors (Lipinski definition) is 10. The average Bonchev–Trinajstić information content (AvgIpc) is 3.09. The van der Waals surface area contributed by atoms with Crippen molar-refractivity contribution < 1.29 is 54.6 Å². The fourth-order valence-corrected chi connectivity index (χ4v) is 4.48. The van der Waals surface area contributed by atoms with Gasteiger partial charge < -0.3 is 46.0 Å². The normalized spacial score (nSPS) is 9.96. The predicted molar refractivity (Wildman–Crippen MR) is 191 cm³/mol. The number of anilines is 4.